The topological polar surface area (TPSA) is 43.4 Å². The van der Waals surface area contributed by atoms with Crippen molar-refractivity contribution in [2.45, 2.75) is 11.3 Å². The Bertz CT molecular complexity index is 439. The fourth-order valence-corrected chi connectivity index (χ4v) is 2.43. The summed E-state index contributed by atoms with van der Waals surface area (Å²) in [6.07, 6.45) is 0.783. The molecule has 2 rings (SSSR count). The van der Waals surface area contributed by atoms with Crippen LogP contribution in [0.3, 0.4) is 0 Å². The van der Waals surface area contributed by atoms with Gasteiger partial charge in [-0.05, 0) is 23.8 Å². The standard InChI is InChI=1S/C8H7BrO3S/c9-13(10,11)7-1-2-8-6(5-7)3-4-12-8/h1-2,5H,3-4H2. The van der Waals surface area contributed by atoms with E-state index in [0.29, 0.717) is 6.61 Å². The molecule has 0 saturated heterocycles. The van der Waals surface area contributed by atoms with Crippen molar-refractivity contribution in [2.75, 3.05) is 6.61 Å². The molecule has 0 spiro atoms. The molecule has 0 atom stereocenters. The van der Waals surface area contributed by atoms with Gasteiger partial charge in [0.05, 0.1) is 26.3 Å². The number of rotatable bonds is 1. The predicted octanol–water partition coefficient (Wildman–Crippen LogP) is 1.71. The van der Waals surface area contributed by atoms with Crippen LogP contribution < -0.4 is 4.74 Å². The summed E-state index contributed by atoms with van der Waals surface area (Å²) in [6.45, 7) is 0.640. The summed E-state index contributed by atoms with van der Waals surface area (Å²) in [5, 5.41) is 0. The second kappa shape index (κ2) is 2.99. The number of hydrogen-bond donors (Lipinski definition) is 0. The molecule has 0 bridgehead atoms. The summed E-state index contributed by atoms with van der Waals surface area (Å²) >= 11 is 2.63. The average molecular weight is 263 g/mol. The first-order chi connectivity index (χ1) is 6.07. The molecule has 1 heterocycles. The van der Waals surface area contributed by atoms with Crippen molar-refractivity contribution < 1.29 is 13.2 Å². The number of fused-ring (bicyclic) bond motifs is 1. The fourth-order valence-electron chi connectivity index (χ4n) is 1.31. The van der Waals surface area contributed by atoms with Crippen LogP contribution in [-0.2, 0) is 14.7 Å². The van der Waals surface area contributed by atoms with Gasteiger partial charge in [-0.3, -0.25) is 0 Å². The smallest absolute Gasteiger partial charge is 0.237 e. The van der Waals surface area contributed by atoms with Gasteiger partial charge in [0.25, 0.3) is 0 Å². The van der Waals surface area contributed by atoms with Gasteiger partial charge in [-0.15, -0.1) is 0 Å². The molecule has 13 heavy (non-hydrogen) atoms. The molecule has 1 aliphatic heterocycles. The normalized spacial score (nSPS) is 15.2. The lowest BCUT2D eigenvalue weighted by Crippen LogP contribution is -1.90. The first kappa shape index (κ1) is 9.02. The Hall–Kier alpha value is -0.550. The minimum absolute atomic E-state index is 0.289. The van der Waals surface area contributed by atoms with E-state index in [4.69, 9.17) is 4.74 Å². The Balaban J connectivity index is 2.54. The van der Waals surface area contributed by atoms with Crippen LogP contribution in [0, 0.1) is 0 Å². The van der Waals surface area contributed by atoms with Gasteiger partial charge in [0.15, 0.2) is 0 Å². The Morgan fingerprint density at radius 1 is 1.38 bits per heavy atom. The molecule has 1 aliphatic rings. The summed E-state index contributed by atoms with van der Waals surface area (Å²) in [4.78, 5) is 0.289. The van der Waals surface area contributed by atoms with Gasteiger partial charge < -0.3 is 4.74 Å². The van der Waals surface area contributed by atoms with Crippen LogP contribution in [0.15, 0.2) is 23.1 Å². The minimum atomic E-state index is -3.27. The zero-order valence-electron chi connectivity index (χ0n) is 6.66. The van der Waals surface area contributed by atoms with Crippen LogP contribution in [0.1, 0.15) is 5.56 Å². The highest BCUT2D eigenvalue weighted by Crippen LogP contribution is 2.29. The molecule has 0 unspecified atom stereocenters. The van der Waals surface area contributed by atoms with Crippen LogP contribution >= 0.6 is 14.8 Å². The maximum absolute atomic E-state index is 11.1. The molecular formula is C8H7BrO3S. The molecule has 0 aliphatic carbocycles. The monoisotopic (exact) mass is 262 g/mol. The minimum Gasteiger partial charge on any atom is -0.493 e. The number of benzene rings is 1. The van der Waals surface area contributed by atoms with E-state index in [1.54, 1.807) is 12.1 Å². The molecule has 0 fully saturated rings. The molecule has 0 aromatic heterocycles. The molecule has 70 valence electrons. The van der Waals surface area contributed by atoms with Crippen molar-refractivity contribution in [3.63, 3.8) is 0 Å². The number of halogens is 1. The van der Waals surface area contributed by atoms with E-state index >= 15 is 0 Å². The quantitative estimate of drug-likeness (QED) is 0.724. The SMILES string of the molecule is O=S(=O)(Br)c1ccc2c(c1)CCO2. The third kappa shape index (κ3) is 1.71. The summed E-state index contributed by atoms with van der Waals surface area (Å²) in [5.74, 6) is 0.792. The first-order valence-corrected chi connectivity index (χ1v) is 7.10. The molecular weight excluding hydrogens is 256 g/mol. The number of hydrogen-bond acceptors (Lipinski definition) is 3. The van der Waals surface area contributed by atoms with Crippen molar-refractivity contribution in [1.29, 1.82) is 0 Å². The summed E-state index contributed by atoms with van der Waals surface area (Å²) in [7, 11) is -3.27. The van der Waals surface area contributed by atoms with Gasteiger partial charge in [0.2, 0.25) is 8.27 Å². The summed E-state index contributed by atoms with van der Waals surface area (Å²) in [6, 6.07) is 4.87. The van der Waals surface area contributed by atoms with Crippen molar-refractivity contribution in [3.8, 4) is 5.75 Å². The van der Waals surface area contributed by atoms with E-state index < -0.39 is 8.27 Å². The molecule has 5 heteroatoms. The van der Waals surface area contributed by atoms with Crippen molar-refractivity contribution in [1.82, 2.24) is 0 Å². The largest absolute Gasteiger partial charge is 0.493 e. The van der Waals surface area contributed by atoms with E-state index in [9.17, 15) is 8.42 Å². The lowest BCUT2D eigenvalue weighted by molar-refractivity contribution is 0.356. The molecule has 0 saturated carbocycles. The van der Waals surface area contributed by atoms with E-state index in [1.165, 1.54) is 6.07 Å². The van der Waals surface area contributed by atoms with Gasteiger partial charge in [0.1, 0.15) is 5.75 Å². The lowest BCUT2D eigenvalue weighted by atomic mass is 10.2. The Morgan fingerprint density at radius 2 is 2.15 bits per heavy atom. The van der Waals surface area contributed by atoms with Crippen LogP contribution in [-0.4, -0.2) is 15.0 Å². The van der Waals surface area contributed by atoms with Crippen LogP contribution in [0.2, 0.25) is 0 Å². The Labute approximate surface area is 83.8 Å². The van der Waals surface area contributed by atoms with Gasteiger partial charge >= 0.3 is 0 Å². The van der Waals surface area contributed by atoms with Crippen molar-refractivity contribution in [2.24, 2.45) is 0 Å². The zero-order chi connectivity index (χ0) is 9.47. The summed E-state index contributed by atoms with van der Waals surface area (Å²) < 4.78 is 27.5. The Kier molecular flexibility index (Phi) is 2.08. The highest BCUT2D eigenvalue weighted by molar-refractivity contribution is 9.47. The van der Waals surface area contributed by atoms with Crippen LogP contribution in [0.5, 0.6) is 5.75 Å². The maximum atomic E-state index is 11.1. The molecule has 3 nitrogen and oxygen atoms in total. The molecule has 0 radical (unpaired) electrons. The van der Waals surface area contributed by atoms with E-state index in [2.05, 4.69) is 14.8 Å². The average Bonchev–Trinajstić information content (AvgIpc) is 2.47. The third-order valence-electron chi connectivity index (χ3n) is 1.94. The van der Waals surface area contributed by atoms with E-state index in [1.807, 2.05) is 0 Å². The van der Waals surface area contributed by atoms with Gasteiger partial charge in [-0.2, -0.15) is 0 Å². The second-order valence-corrected chi connectivity index (χ2v) is 6.71. The molecule has 0 N–H and O–H groups in total. The second-order valence-electron chi connectivity index (χ2n) is 2.81. The first-order valence-electron chi connectivity index (χ1n) is 3.78. The van der Waals surface area contributed by atoms with Gasteiger partial charge in [-0.25, -0.2) is 8.42 Å². The van der Waals surface area contributed by atoms with Gasteiger partial charge in [0, 0.05) is 6.42 Å². The van der Waals surface area contributed by atoms with Crippen LogP contribution in [0.25, 0.3) is 0 Å². The molecule has 1 aromatic rings. The molecule has 1 aromatic carbocycles. The highest BCUT2D eigenvalue weighted by atomic mass is 79.9. The molecule has 0 amide bonds. The van der Waals surface area contributed by atoms with Crippen LogP contribution in [0.4, 0.5) is 0 Å². The lowest BCUT2D eigenvalue weighted by Gasteiger charge is -2.00. The maximum Gasteiger partial charge on any atom is 0.237 e. The highest BCUT2D eigenvalue weighted by Gasteiger charge is 2.16. The Morgan fingerprint density at radius 3 is 2.85 bits per heavy atom. The summed E-state index contributed by atoms with van der Waals surface area (Å²) in [5.41, 5.74) is 0.959. The van der Waals surface area contributed by atoms with Gasteiger partial charge in [-0.1, -0.05) is 0 Å². The van der Waals surface area contributed by atoms with E-state index in [0.717, 1.165) is 17.7 Å². The number of ether oxygens (including phenoxy) is 1. The van der Waals surface area contributed by atoms with Crippen molar-refractivity contribution >= 4 is 23.1 Å². The predicted molar refractivity (Wildman–Crippen MR) is 51.8 cm³/mol. The van der Waals surface area contributed by atoms with E-state index in [-0.39, 0.29) is 4.90 Å². The fraction of sp³-hybridized carbons (Fsp3) is 0.250. The zero-order valence-corrected chi connectivity index (χ0v) is 9.06. The third-order valence-corrected chi connectivity index (χ3v) is 3.88. The van der Waals surface area contributed by atoms with Crippen molar-refractivity contribution in [3.05, 3.63) is 23.8 Å².